The second-order valence-corrected chi connectivity index (χ2v) is 8.25. The van der Waals surface area contributed by atoms with Crippen molar-refractivity contribution in [3.63, 3.8) is 0 Å². The van der Waals surface area contributed by atoms with Crippen LogP contribution in [0.5, 0.6) is 0 Å². The summed E-state index contributed by atoms with van der Waals surface area (Å²) in [7, 11) is 1.88. The van der Waals surface area contributed by atoms with Crippen LogP contribution in [0.1, 0.15) is 30.5 Å². The quantitative estimate of drug-likeness (QED) is 0.835. The maximum atomic E-state index is 13.2. The van der Waals surface area contributed by atoms with Crippen LogP contribution in [0.3, 0.4) is 0 Å². The van der Waals surface area contributed by atoms with Gasteiger partial charge in [-0.2, -0.15) is 0 Å². The predicted molar refractivity (Wildman–Crippen MR) is 107 cm³/mol. The third kappa shape index (κ3) is 3.18. The van der Waals surface area contributed by atoms with Gasteiger partial charge < -0.3 is 10.4 Å². The normalized spacial score (nSPS) is 22.0. The molecule has 1 atom stereocenters. The Balaban J connectivity index is 1.67. The molecule has 150 valence electrons. The second kappa shape index (κ2) is 7.22. The number of rotatable bonds is 4. The minimum atomic E-state index is -0.785. The summed E-state index contributed by atoms with van der Waals surface area (Å²) in [5.74, 6) is -0.785. The summed E-state index contributed by atoms with van der Waals surface area (Å²) in [4.78, 5) is 27.2. The summed E-state index contributed by atoms with van der Waals surface area (Å²) in [5, 5.41) is 13.2. The lowest BCUT2D eigenvalue weighted by Crippen LogP contribution is -2.39. The smallest absolute Gasteiger partial charge is 0.320 e. The van der Waals surface area contributed by atoms with Crippen molar-refractivity contribution in [2.45, 2.75) is 38.8 Å². The molecule has 2 saturated heterocycles. The van der Waals surface area contributed by atoms with Crippen molar-refractivity contribution in [2.75, 3.05) is 19.6 Å². The first kappa shape index (κ1) is 19.0. The summed E-state index contributed by atoms with van der Waals surface area (Å²) < 4.78 is 3.52. The van der Waals surface area contributed by atoms with E-state index in [4.69, 9.17) is 0 Å². The molecule has 7 heteroatoms. The van der Waals surface area contributed by atoms with Crippen LogP contribution in [0.4, 0.5) is 0 Å². The van der Waals surface area contributed by atoms with Gasteiger partial charge in [0.25, 0.3) is 5.56 Å². The summed E-state index contributed by atoms with van der Waals surface area (Å²) in [6.45, 7) is 4.92. The molecule has 0 amide bonds. The van der Waals surface area contributed by atoms with Gasteiger partial charge in [0.15, 0.2) is 0 Å². The van der Waals surface area contributed by atoms with Gasteiger partial charge in [-0.1, -0.05) is 18.2 Å². The zero-order valence-electron chi connectivity index (χ0n) is 16.5. The van der Waals surface area contributed by atoms with Gasteiger partial charge in [0.2, 0.25) is 0 Å². The number of carbonyl (C=O) groups is 1. The lowest BCUT2D eigenvalue weighted by Gasteiger charge is -2.33. The lowest BCUT2D eigenvalue weighted by atomic mass is 9.77. The van der Waals surface area contributed by atoms with Gasteiger partial charge in [0.05, 0.1) is 11.3 Å². The van der Waals surface area contributed by atoms with E-state index >= 15 is 0 Å². The molecule has 2 N–H and O–H groups in total. The molecule has 28 heavy (non-hydrogen) atoms. The van der Waals surface area contributed by atoms with E-state index in [9.17, 15) is 14.7 Å². The highest BCUT2D eigenvalue weighted by Crippen LogP contribution is 2.42. The molecule has 0 saturated carbocycles. The molecule has 2 fully saturated rings. The fourth-order valence-corrected chi connectivity index (χ4v) is 4.88. The van der Waals surface area contributed by atoms with Crippen molar-refractivity contribution in [3.05, 3.63) is 51.9 Å². The molecular weight excluding hydrogens is 356 g/mol. The highest BCUT2D eigenvalue weighted by molar-refractivity contribution is 5.74. The first-order valence-corrected chi connectivity index (χ1v) is 9.92. The summed E-state index contributed by atoms with van der Waals surface area (Å²) in [5.41, 5.74) is 2.36. The third-order valence-electron chi connectivity index (χ3n) is 6.59. The lowest BCUT2D eigenvalue weighted by molar-refractivity contribution is -0.142. The molecule has 1 spiro atoms. The number of aliphatic carboxylic acids is 1. The van der Waals surface area contributed by atoms with Crippen LogP contribution in [0.15, 0.2) is 35.1 Å². The number of hydrogen-bond donors (Lipinski definition) is 2. The maximum Gasteiger partial charge on any atom is 0.320 e. The summed E-state index contributed by atoms with van der Waals surface area (Å²) in [6, 6.07) is 9.03. The van der Waals surface area contributed by atoms with Crippen molar-refractivity contribution in [1.29, 1.82) is 0 Å². The SMILES string of the molecule is Cc1c(CN2CC3(CCNCC3)C[C@@H]2C(=O)O)c(=O)n(-c2ccccc2)n1C. The van der Waals surface area contributed by atoms with Crippen molar-refractivity contribution in [1.82, 2.24) is 19.6 Å². The Morgan fingerprint density at radius 3 is 2.57 bits per heavy atom. The molecule has 1 aromatic carbocycles. The zero-order valence-corrected chi connectivity index (χ0v) is 16.5. The molecule has 1 aromatic heterocycles. The number of carboxylic acid groups (broad SMARTS) is 1. The minimum Gasteiger partial charge on any atom is -0.480 e. The van der Waals surface area contributed by atoms with E-state index < -0.39 is 12.0 Å². The van der Waals surface area contributed by atoms with Crippen LogP contribution in [0.25, 0.3) is 5.69 Å². The minimum absolute atomic E-state index is 0.0510. The molecule has 2 aliphatic heterocycles. The second-order valence-electron chi connectivity index (χ2n) is 8.25. The largest absolute Gasteiger partial charge is 0.480 e. The Kier molecular flexibility index (Phi) is 4.89. The molecule has 0 unspecified atom stereocenters. The number of nitrogens with zero attached hydrogens (tertiary/aromatic N) is 3. The fraction of sp³-hybridized carbons (Fsp3) is 0.524. The molecular formula is C21H28N4O3. The van der Waals surface area contributed by atoms with Gasteiger partial charge in [-0.15, -0.1) is 0 Å². The number of benzene rings is 1. The Bertz CT molecular complexity index is 925. The topological polar surface area (TPSA) is 79.5 Å². The number of nitrogens with one attached hydrogen (secondary N) is 1. The summed E-state index contributed by atoms with van der Waals surface area (Å²) in [6.07, 6.45) is 2.66. The molecule has 7 nitrogen and oxygen atoms in total. The number of aromatic nitrogens is 2. The molecule has 4 rings (SSSR count). The van der Waals surface area contributed by atoms with E-state index in [1.165, 1.54) is 0 Å². The Morgan fingerprint density at radius 2 is 1.93 bits per heavy atom. The van der Waals surface area contributed by atoms with E-state index in [1.807, 2.05) is 53.9 Å². The average Bonchev–Trinajstić information content (AvgIpc) is 3.14. The molecule has 3 heterocycles. The zero-order chi connectivity index (χ0) is 19.9. The molecule has 2 aliphatic rings. The van der Waals surface area contributed by atoms with Crippen molar-refractivity contribution in [2.24, 2.45) is 12.5 Å². The van der Waals surface area contributed by atoms with Crippen molar-refractivity contribution < 1.29 is 9.90 Å². The first-order valence-electron chi connectivity index (χ1n) is 9.92. The van der Waals surface area contributed by atoms with Gasteiger partial charge in [-0.3, -0.25) is 19.2 Å². The first-order chi connectivity index (χ1) is 13.4. The third-order valence-corrected chi connectivity index (χ3v) is 6.59. The van der Waals surface area contributed by atoms with Gasteiger partial charge in [0.1, 0.15) is 6.04 Å². The van der Waals surface area contributed by atoms with Crippen LogP contribution in [-0.4, -0.2) is 51.0 Å². The number of carboxylic acids is 1. The van der Waals surface area contributed by atoms with Gasteiger partial charge >= 0.3 is 5.97 Å². The number of hydrogen-bond acceptors (Lipinski definition) is 4. The van der Waals surface area contributed by atoms with Gasteiger partial charge in [0, 0.05) is 25.8 Å². The average molecular weight is 384 g/mol. The molecule has 2 aromatic rings. The highest BCUT2D eigenvalue weighted by Gasteiger charge is 2.47. The van der Waals surface area contributed by atoms with E-state index in [-0.39, 0.29) is 11.0 Å². The highest BCUT2D eigenvalue weighted by atomic mass is 16.4. The monoisotopic (exact) mass is 384 g/mol. The number of para-hydroxylation sites is 1. The molecule has 0 aliphatic carbocycles. The standard InChI is InChI=1S/C21H28N4O3/c1-15-17(19(26)25(23(15)2)16-6-4-3-5-7-16)13-24-14-21(8-10-22-11-9-21)12-18(24)20(27)28/h3-7,18,22H,8-14H2,1-2H3,(H,27,28)/t18-/m1/s1. The number of piperidine rings is 1. The van der Waals surface area contributed by atoms with Gasteiger partial charge in [-0.25, -0.2) is 4.68 Å². The number of likely N-dealkylation sites (tertiary alicyclic amines) is 1. The van der Waals surface area contributed by atoms with Crippen LogP contribution in [0, 0.1) is 12.3 Å². The molecule has 0 radical (unpaired) electrons. The van der Waals surface area contributed by atoms with Crippen molar-refractivity contribution in [3.8, 4) is 5.69 Å². The summed E-state index contributed by atoms with van der Waals surface area (Å²) >= 11 is 0. The van der Waals surface area contributed by atoms with Crippen LogP contribution in [0.2, 0.25) is 0 Å². The molecule has 0 bridgehead atoms. The van der Waals surface area contributed by atoms with Crippen LogP contribution < -0.4 is 10.9 Å². The van der Waals surface area contributed by atoms with Crippen LogP contribution >= 0.6 is 0 Å². The Morgan fingerprint density at radius 1 is 1.25 bits per heavy atom. The van der Waals surface area contributed by atoms with Crippen molar-refractivity contribution >= 4 is 5.97 Å². The van der Waals surface area contributed by atoms with E-state index in [0.29, 0.717) is 18.5 Å². The Hall–Kier alpha value is -2.38. The fourth-order valence-electron chi connectivity index (χ4n) is 4.88. The van der Waals surface area contributed by atoms with E-state index in [1.54, 1.807) is 4.68 Å². The Labute approximate surface area is 164 Å². The predicted octanol–water partition coefficient (Wildman–Crippen LogP) is 1.51. The maximum absolute atomic E-state index is 13.2. The van der Waals surface area contributed by atoms with E-state index in [2.05, 4.69) is 5.32 Å². The van der Waals surface area contributed by atoms with Gasteiger partial charge in [-0.05, 0) is 56.8 Å². The van der Waals surface area contributed by atoms with E-state index in [0.717, 1.165) is 43.9 Å². The van der Waals surface area contributed by atoms with Crippen LogP contribution in [-0.2, 0) is 18.4 Å².